The van der Waals surface area contributed by atoms with Crippen LogP contribution in [0.1, 0.15) is 15.9 Å². The van der Waals surface area contributed by atoms with Gasteiger partial charge in [0.05, 0.1) is 5.02 Å². The van der Waals surface area contributed by atoms with Crippen LogP contribution >= 0.6 is 11.6 Å². The third-order valence-corrected chi connectivity index (χ3v) is 2.61. The number of carbonyl (C=O) groups excluding carboxylic acids is 1. The van der Waals surface area contributed by atoms with E-state index >= 15 is 0 Å². The number of benzene rings is 1. The molecular weight excluding hydrogens is 253 g/mol. The molecule has 0 radical (unpaired) electrons. The molecule has 1 aromatic heterocycles. The molecule has 0 bridgehead atoms. The third kappa shape index (κ3) is 3.02. The Kier molecular flexibility index (Phi) is 3.85. The zero-order valence-corrected chi connectivity index (χ0v) is 10.1. The van der Waals surface area contributed by atoms with Gasteiger partial charge in [-0.25, -0.2) is 4.39 Å². The van der Waals surface area contributed by atoms with E-state index in [0.29, 0.717) is 5.56 Å². The van der Waals surface area contributed by atoms with Crippen molar-refractivity contribution in [2.24, 2.45) is 0 Å². The van der Waals surface area contributed by atoms with Crippen LogP contribution in [0.4, 0.5) is 4.39 Å². The summed E-state index contributed by atoms with van der Waals surface area (Å²) in [5, 5.41) is -0.0596. The normalized spacial score (nSPS) is 10.8. The number of ketones is 1. The molecule has 0 N–H and O–H groups in total. The molecule has 0 atom stereocenters. The van der Waals surface area contributed by atoms with Crippen molar-refractivity contribution in [2.45, 2.75) is 0 Å². The smallest absolute Gasteiger partial charge is 0.185 e. The first-order valence-corrected chi connectivity index (χ1v) is 5.62. The number of hydrogen-bond donors (Lipinski definition) is 0. The van der Waals surface area contributed by atoms with Gasteiger partial charge in [-0.1, -0.05) is 17.7 Å². The summed E-state index contributed by atoms with van der Waals surface area (Å²) in [6.07, 6.45) is 6.34. The minimum Gasteiger partial charge on any atom is -0.289 e. The topological polar surface area (TPSA) is 30.0 Å². The van der Waals surface area contributed by atoms with Crippen LogP contribution in [0.25, 0.3) is 6.08 Å². The molecule has 0 saturated carbocycles. The fourth-order valence-corrected chi connectivity index (χ4v) is 1.57. The van der Waals surface area contributed by atoms with Gasteiger partial charge in [-0.15, -0.1) is 0 Å². The van der Waals surface area contributed by atoms with Gasteiger partial charge in [0.25, 0.3) is 0 Å². The van der Waals surface area contributed by atoms with Crippen LogP contribution < -0.4 is 0 Å². The van der Waals surface area contributed by atoms with E-state index in [1.165, 1.54) is 24.3 Å². The maximum Gasteiger partial charge on any atom is 0.185 e. The number of nitrogens with zero attached hydrogens (tertiary/aromatic N) is 1. The van der Waals surface area contributed by atoms with E-state index in [4.69, 9.17) is 11.6 Å². The van der Waals surface area contributed by atoms with Crippen LogP contribution in [-0.2, 0) is 0 Å². The molecule has 0 fully saturated rings. The van der Waals surface area contributed by atoms with Crippen molar-refractivity contribution < 1.29 is 9.18 Å². The van der Waals surface area contributed by atoms with Crippen molar-refractivity contribution in [3.05, 3.63) is 70.8 Å². The van der Waals surface area contributed by atoms with Gasteiger partial charge in [-0.2, -0.15) is 0 Å². The highest BCUT2D eigenvalue weighted by Crippen LogP contribution is 2.16. The molecule has 1 aromatic carbocycles. The fourth-order valence-electron chi connectivity index (χ4n) is 1.39. The second kappa shape index (κ2) is 5.56. The van der Waals surface area contributed by atoms with Crippen LogP contribution in [0.5, 0.6) is 0 Å². The van der Waals surface area contributed by atoms with Gasteiger partial charge in [0.1, 0.15) is 5.82 Å². The summed E-state index contributed by atoms with van der Waals surface area (Å²) >= 11 is 5.61. The zero-order chi connectivity index (χ0) is 13.0. The lowest BCUT2D eigenvalue weighted by molar-refractivity contribution is 0.104. The maximum atomic E-state index is 12.9. The van der Waals surface area contributed by atoms with Gasteiger partial charge >= 0.3 is 0 Å². The fraction of sp³-hybridized carbons (Fsp3) is 0. The molecule has 0 unspecified atom stereocenters. The zero-order valence-electron chi connectivity index (χ0n) is 9.31. The SMILES string of the molecule is O=C(/C=C/c1cccnc1)c1ccc(F)c(Cl)c1. The molecule has 90 valence electrons. The summed E-state index contributed by atoms with van der Waals surface area (Å²) in [5.41, 5.74) is 1.17. The molecule has 0 spiro atoms. The molecule has 2 nitrogen and oxygen atoms in total. The Morgan fingerprint density at radius 2 is 2.17 bits per heavy atom. The van der Waals surface area contributed by atoms with Gasteiger partial charge in [0.15, 0.2) is 5.78 Å². The molecule has 2 rings (SSSR count). The van der Waals surface area contributed by atoms with Crippen molar-refractivity contribution in [3.63, 3.8) is 0 Å². The summed E-state index contributed by atoms with van der Waals surface area (Å²) < 4.78 is 12.9. The van der Waals surface area contributed by atoms with Crippen LogP contribution in [0, 0.1) is 5.82 Å². The van der Waals surface area contributed by atoms with E-state index in [-0.39, 0.29) is 10.8 Å². The largest absolute Gasteiger partial charge is 0.289 e. The monoisotopic (exact) mass is 261 g/mol. The lowest BCUT2D eigenvalue weighted by Crippen LogP contribution is -1.94. The van der Waals surface area contributed by atoms with Gasteiger partial charge in [-0.05, 0) is 42.0 Å². The Morgan fingerprint density at radius 3 is 2.83 bits per heavy atom. The highest BCUT2D eigenvalue weighted by Gasteiger charge is 2.05. The molecule has 18 heavy (non-hydrogen) atoms. The molecule has 1 heterocycles. The first-order chi connectivity index (χ1) is 8.66. The number of hydrogen-bond acceptors (Lipinski definition) is 2. The van der Waals surface area contributed by atoms with E-state index in [0.717, 1.165) is 5.56 Å². The number of carbonyl (C=O) groups is 1. The first kappa shape index (κ1) is 12.5. The molecular formula is C14H9ClFNO. The van der Waals surface area contributed by atoms with Crippen LogP contribution in [0.3, 0.4) is 0 Å². The van der Waals surface area contributed by atoms with E-state index < -0.39 is 5.82 Å². The van der Waals surface area contributed by atoms with Crippen molar-refractivity contribution in [1.29, 1.82) is 0 Å². The summed E-state index contributed by atoms with van der Waals surface area (Å²) in [5.74, 6) is -0.773. The summed E-state index contributed by atoms with van der Waals surface area (Å²) in [7, 11) is 0. The van der Waals surface area contributed by atoms with Crippen molar-refractivity contribution in [1.82, 2.24) is 4.98 Å². The quantitative estimate of drug-likeness (QED) is 0.622. The number of allylic oxidation sites excluding steroid dienone is 1. The van der Waals surface area contributed by atoms with Crippen LogP contribution in [-0.4, -0.2) is 10.8 Å². The Hall–Kier alpha value is -2.00. The highest BCUT2D eigenvalue weighted by molar-refractivity contribution is 6.31. The molecule has 0 aliphatic carbocycles. The molecule has 0 saturated heterocycles. The van der Waals surface area contributed by atoms with Crippen molar-refractivity contribution >= 4 is 23.5 Å². The Balaban J connectivity index is 2.17. The van der Waals surface area contributed by atoms with E-state index in [1.807, 2.05) is 6.07 Å². The van der Waals surface area contributed by atoms with E-state index in [1.54, 1.807) is 24.5 Å². The lowest BCUT2D eigenvalue weighted by Gasteiger charge is -1.98. The summed E-state index contributed by atoms with van der Waals surface area (Å²) in [6, 6.07) is 7.49. The standard InChI is InChI=1S/C14H9ClFNO/c15-12-8-11(4-5-13(12)16)14(18)6-3-10-2-1-7-17-9-10/h1-9H/b6-3+. The molecule has 0 aliphatic heterocycles. The second-order valence-electron chi connectivity index (χ2n) is 3.61. The first-order valence-electron chi connectivity index (χ1n) is 5.24. The molecule has 0 amide bonds. The number of rotatable bonds is 3. The van der Waals surface area contributed by atoms with E-state index in [2.05, 4.69) is 4.98 Å². The predicted octanol–water partition coefficient (Wildman–Crippen LogP) is 3.77. The molecule has 0 aliphatic rings. The third-order valence-electron chi connectivity index (χ3n) is 2.32. The van der Waals surface area contributed by atoms with Crippen molar-refractivity contribution in [3.8, 4) is 0 Å². The Labute approximate surface area is 109 Å². The number of pyridine rings is 1. The van der Waals surface area contributed by atoms with Gasteiger partial charge < -0.3 is 0 Å². The number of aromatic nitrogens is 1. The maximum absolute atomic E-state index is 12.9. The minimum atomic E-state index is -0.538. The molecule has 2 aromatic rings. The predicted molar refractivity (Wildman–Crippen MR) is 69.0 cm³/mol. The summed E-state index contributed by atoms with van der Waals surface area (Å²) in [6.45, 7) is 0. The highest BCUT2D eigenvalue weighted by atomic mass is 35.5. The van der Waals surface area contributed by atoms with Gasteiger partial charge in [0.2, 0.25) is 0 Å². The Morgan fingerprint density at radius 1 is 1.33 bits per heavy atom. The average molecular weight is 262 g/mol. The minimum absolute atomic E-state index is 0.0596. The summed E-state index contributed by atoms with van der Waals surface area (Å²) in [4.78, 5) is 15.7. The van der Waals surface area contributed by atoms with Crippen molar-refractivity contribution in [2.75, 3.05) is 0 Å². The lowest BCUT2D eigenvalue weighted by atomic mass is 10.1. The molecule has 4 heteroatoms. The average Bonchev–Trinajstić information content (AvgIpc) is 2.40. The second-order valence-corrected chi connectivity index (χ2v) is 4.02. The Bertz CT molecular complexity index is 596. The van der Waals surface area contributed by atoms with Crippen LogP contribution in [0.15, 0.2) is 48.8 Å². The van der Waals surface area contributed by atoms with Gasteiger partial charge in [0, 0.05) is 18.0 Å². The van der Waals surface area contributed by atoms with E-state index in [9.17, 15) is 9.18 Å². The van der Waals surface area contributed by atoms with Crippen LogP contribution in [0.2, 0.25) is 5.02 Å². The number of halogens is 2. The van der Waals surface area contributed by atoms with Gasteiger partial charge in [-0.3, -0.25) is 9.78 Å².